The molecule has 142 valence electrons. The summed E-state index contributed by atoms with van der Waals surface area (Å²) < 4.78 is 12.8. The summed E-state index contributed by atoms with van der Waals surface area (Å²) >= 11 is 0. The highest BCUT2D eigenvalue weighted by atomic mass is 16.5. The van der Waals surface area contributed by atoms with Gasteiger partial charge in [0, 0.05) is 42.0 Å². The fourth-order valence-electron chi connectivity index (χ4n) is 3.26. The molecule has 7 nitrogen and oxygen atoms in total. The number of hydrogen-bond acceptors (Lipinski definition) is 6. The number of ether oxygens (including phenoxy) is 2. The number of nitrogen functional groups attached to an aromatic ring is 1. The molecular formula is C21H21N5O2. The van der Waals surface area contributed by atoms with Crippen molar-refractivity contribution in [3.8, 4) is 22.8 Å². The van der Waals surface area contributed by atoms with E-state index in [0.29, 0.717) is 28.8 Å². The summed E-state index contributed by atoms with van der Waals surface area (Å²) in [6, 6.07) is 13.6. The van der Waals surface area contributed by atoms with E-state index in [4.69, 9.17) is 15.2 Å². The highest BCUT2D eigenvalue weighted by Crippen LogP contribution is 2.36. The maximum absolute atomic E-state index is 6.03. The average Bonchev–Trinajstić information content (AvgIpc) is 3.05. The lowest BCUT2D eigenvalue weighted by atomic mass is 10.1. The zero-order chi connectivity index (χ0) is 19.7. The molecule has 2 aromatic carbocycles. The van der Waals surface area contributed by atoms with Gasteiger partial charge in [0.25, 0.3) is 0 Å². The second-order valence-corrected chi connectivity index (χ2v) is 6.36. The van der Waals surface area contributed by atoms with Crippen molar-refractivity contribution < 1.29 is 9.47 Å². The zero-order valence-corrected chi connectivity index (χ0v) is 15.9. The molecule has 4 aromatic rings. The molecule has 2 heterocycles. The second-order valence-electron chi connectivity index (χ2n) is 6.36. The zero-order valence-electron chi connectivity index (χ0n) is 15.9. The van der Waals surface area contributed by atoms with Crippen LogP contribution in [0.1, 0.15) is 0 Å². The van der Waals surface area contributed by atoms with Crippen LogP contribution in [0.2, 0.25) is 0 Å². The van der Waals surface area contributed by atoms with Crippen molar-refractivity contribution in [1.82, 2.24) is 14.5 Å². The lowest BCUT2D eigenvalue weighted by Gasteiger charge is -2.13. The molecule has 7 heteroatoms. The Hall–Kier alpha value is -3.74. The molecular weight excluding hydrogens is 354 g/mol. The minimum absolute atomic E-state index is 0.452. The lowest BCUT2D eigenvalue weighted by molar-refractivity contribution is 0.397. The standard InChI is InChI=1S/C21H21N5O2/c1-26-12-14(13-6-4-5-7-18(13)26)16-8-9-23-21(24-16)25-17-10-15(22)19(27-2)11-20(17)28-3/h4-12H,22H2,1-3H3,(H,23,24,25). The van der Waals surface area contributed by atoms with Crippen LogP contribution in [0.5, 0.6) is 11.5 Å². The Morgan fingerprint density at radius 3 is 2.61 bits per heavy atom. The number of benzene rings is 2. The summed E-state index contributed by atoms with van der Waals surface area (Å²) in [5, 5.41) is 4.33. The number of methoxy groups -OCH3 is 2. The SMILES string of the molecule is COc1cc(OC)c(Nc2nccc(-c3cn(C)c4ccccc34)n2)cc1N. The van der Waals surface area contributed by atoms with Crippen LogP contribution in [0.4, 0.5) is 17.3 Å². The van der Waals surface area contributed by atoms with E-state index in [-0.39, 0.29) is 0 Å². The summed E-state index contributed by atoms with van der Waals surface area (Å²) in [6.07, 6.45) is 3.80. The molecule has 0 aliphatic heterocycles. The summed E-state index contributed by atoms with van der Waals surface area (Å²) in [7, 11) is 5.18. The first-order valence-corrected chi connectivity index (χ1v) is 8.76. The van der Waals surface area contributed by atoms with Gasteiger partial charge in [0.15, 0.2) is 0 Å². The van der Waals surface area contributed by atoms with Gasteiger partial charge in [-0.05, 0) is 18.2 Å². The van der Waals surface area contributed by atoms with E-state index in [9.17, 15) is 0 Å². The fourth-order valence-corrected chi connectivity index (χ4v) is 3.26. The Kier molecular flexibility index (Phi) is 4.49. The molecule has 3 N–H and O–H groups in total. The van der Waals surface area contributed by atoms with Crippen LogP contribution in [-0.2, 0) is 7.05 Å². The van der Waals surface area contributed by atoms with Gasteiger partial charge in [-0.25, -0.2) is 9.97 Å². The number of para-hydroxylation sites is 1. The van der Waals surface area contributed by atoms with Gasteiger partial charge in [0.05, 0.1) is 31.3 Å². The highest BCUT2D eigenvalue weighted by molar-refractivity contribution is 5.95. The molecule has 0 aliphatic rings. The van der Waals surface area contributed by atoms with Crippen molar-refractivity contribution in [2.24, 2.45) is 7.05 Å². The molecule has 2 aromatic heterocycles. The highest BCUT2D eigenvalue weighted by Gasteiger charge is 2.13. The van der Waals surface area contributed by atoms with Crippen LogP contribution in [0, 0.1) is 0 Å². The molecule has 0 unspecified atom stereocenters. The van der Waals surface area contributed by atoms with Crippen molar-refractivity contribution in [2.75, 3.05) is 25.3 Å². The largest absolute Gasteiger partial charge is 0.494 e. The van der Waals surface area contributed by atoms with Crippen LogP contribution in [0.3, 0.4) is 0 Å². The van der Waals surface area contributed by atoms with Crippen molar-refractivity contribution in [2.45, 2.75) is 0 Å². The molecule has 0 atom stereocenters. The molecule has 0 spiro atoms. The number of aryl methyl sites for hydroxylation is 1. The molecule has 0 saturated carbocycles. The Labute approximate surface area is 162 Å². The summed E-state index contributed by atoms with van der Waals surface area (Å²) in [5.41, 5.74) is 10.2. The molecule has 0 amide bonds. The van der Waals surface area contributed by atoms with Gasteiger partial charge in [-0.3, -0.25) is 0 Å². The van der Waals surface area contributed by atoms with E-state index < -0.39 is 0 Å². The van der Waals surface area contributed by atoms with Gasteiger partial charge in [-0.1, -0.05) is 18.2 Å². The van der Waals surface area contributed by atoms with Gasteiger partial charge in [0.2, 0.25) is 5.95 Å². The average molecular weight is 375 g/mol. The number of nitrogens with zero attached hydrogens (tertiary/aromatic N) is 3. The van der Waals surface area contributed by atoms with Crippen molar-refractivity contribution in [1.29, 1.82) is 0 Å². The Balaban J connectivity index is 1.73. The maximum Gasteiger partial charge on any atom is 0.227 e. The number of nitrogens with one attached hydrogen (secondary N) is 1. The Morgan fingerprint density at radius 2 is 1.82 bits per heavy atom. The number of fused-ring (bicyclic) bond motifs is 1. The number of anilines is 3. The quantitative estimate of drug-likeness (QED) is 0.513. The van der Waals surface area contributed by atoms with Gasteiger partial charge in [0.1, 0.15) is 11.5 Å². The van der Waals surface area contributed by atoms with E-state index in [2.05, 4.69) is 38.2 Å². The van der Waals surface area contributed by atoms with Gasteiger partial charge in [-0.15, -0.1) is 0 Å². The lowest BCUT2D eigenvalue weighted by Crippen LogP contribution is -2.02. The van der Waals surface area contributed by atoms with E-state index >= 15 is 0 Å². The first-order chi connectivity index (χ1) is 13.6. The van der Waals surface area contributed by atoms with Crippen LogP contribution in [0.15, 0.2) is 54.9 Å². The summed E-state index contributed by atoms with van der Waals surface area (Å²) in [4.78, 5) is 9.02. The summed E-state index contributed by atoms with van der Waals surface area (Å²) in [5.74, 6) is 1.59. The first kappa shape index (κ1) is 17.7. The van der Waals surface area contributed by atoms with Crippen LogP contribution in [0.25, 0.3) is 22.2 Å². The minimum Gasteiger partial charge on any atom is -0.494 e. The van der Waals surface area contributed by atoms with Crippen molar-refractivity contribution >= 4 is 28.2 Å². The van der Waals surface area contributed by atoms with Crippen molar-refractivity contribution in [3.05, 3.63) is 54.9 Å². The van der Waals surface area contributed by atoms with Gasteiger partial charge >= 0.3 is 0 Å². The van der Waals surface area contributed by atoms with Crippen LogP contribution >= 0.6 is 0 Å². The second kappa shape index (κ2) is 7.11. The van der Waals surface area contributed by atoms with E-state index in [1.807, 2.05) is 25.2 Å². The number of hydrogen-bond donors (Lipinski definition) is 2. The van der Waals surface area contributed by atoms with Gasteiger partial charge in [-0.2, -0.15) is 0 Å². The molecule has 0 aliphatic carbocycles. The third-order valence-electron chi connectivity index (χ3n) is 4.63. The molecule has 0 bridgehead atoms. The monoisotopic (exact) mass is 375 g/mol. The third kappa shape index (κ3) is 3.07. The molecule has 0 fully saturated rings. The molecule has 4 rings (SSSR count). The fraction of sp³-hybridized carbons (Fsp3) is 0.143. The van der Waals surface area contributed by atoms with Crippen molar-refractivity contribution in [3.63, 3.8) is 0 Å². The topological polar surface area (TPSA) is 87.2 Å². The summed E-state index contributed by atoms with van der Waals surface area (Å²) in [6.45, 7) is 0. The normalized spacial score (nSPS) is 10.8. The maximum atomic E-state index is 6.03. The van der Waals surface area contributed by atoms with E-state index in [1.54, 1.807) is 32.5 Å². The number of rotatable bonds is 5. The molecule has 0 saturated heterocycles. The third-order valence-corrected chi connectivity index (χ3v) is 4.63. The van der Waals surface area contributed by atoms with Crippen LogP contribution in [-0.4, -0.2) is 28.8 Å². The minimum atomic E-state index is 0.452. The first-order valence-electron chi connectivity index (χ1n) is 8.76. The van der Waals surface area contributed by atoms with Gasteiger partial charge < -0.3 is 25.1 Å². The predicted molar refractivity (Wildman–Crippen MR) is 111 cm³/mol. The Bertz CT molecular complexity index is 1150. The number of nitrogens with two attached hydrogens (primary N) is 1. The predicted octanol–water partition coefficient (Wildman–Crippen LogP) is 3.98. The smallest absolute Gasteiger partial charge is 0.227 e. The number of aromatic nitrogens is 3. The molecule has 0 radical (unpaired) electrons. The van der Waals surface area contributed by atoms with Crippen LogP contribution < -0.4 is 20.5 Å². The van der Waals surface area contributed by atoms with E-state index in [1.165, 1.54) is 0 Å². The van der Waals surface area contributed by atoms with E-state index in [0.717, 1.165) is 22.2 Å². The molecule has 28 heavy (non-hydrogen) atoms. The Morgan fingerprint density at radius 1 is 1.04 bits per heavy atom.